The fraction of sp³-hybridized carbons (Fsp3) is 0.529. The SMILES string of the molecule is CCN(CC)CCN(C(C)=O)c1nc2c(OC)ccc(C)c2s1. The van der Waals surface area contributed by atoms with E-state index >= 15 is 0 Å². The Balaban J connectivity index is 2.34. The Hall–Kier alpha value is -1.66. The lowest BCUT2D eigenvalue weighted by molar-refractivity contribution is -0.116. The lowest BCUT2D eigenvalue weighted by atomic mass is 10.2. The van der Waals surface area contributed by atoms with Gasteiger partial charge in [-0.15, -0.1) is 0 Å². The smallest absolute Gasteiger partial charge is 0.225 e. The van der Waals surface area contributed by atoms with Crippen molar-refractivity contribution < 1.29 is 9.53 Å². The summed E-state index contributed by atoms with van der Waals surface area (Å²) >= 11 is 1.55. The number of carbonyl (C=O) groups is 1. The van der Waals surface area contributed by atoms with Gasteiger partial charge in [-0.3, -0.25) is 9.69 Å². The number of nitrogens with zero attached hydrogens (tertiary/aromatic N) is 3. The van der Waals surface area contributed by atoms with E-state index < -0.39 is 0 Å². The minimum Gasteiger partial charge on any atom is -0.494 e. The van der Waals surface area contributed by atoms with Gasteiger partial charge in [-0.25, -0.2) is 4.98 Å². The van der Waals surface area contributed by atoms with Crippen LogP contribution in [-0.2, 0) is 4.79 Å². The number of amides is 1. The highest BCUT2D eigenvalue weighted by atomic mass is 32.1. The van der Waals surface area contributed by atoms with E-state index in [1.807, 2.05) is 12.1 Å². The third-order valence-corrected chi connectivity index (χ3v) is 5.27. The molecular formula is C17H25N3O2S. The molecule has 0 atom stereocenters. The topological polar surface area (TPSA) is 45.7 Å². The van der Waals surface area contributed by atoms with Gasteiger partial charge in [-0.05, 0) is 31.6 Å². The van der Waals surface area contributed by atoms with Gasteiger partial charge >= 0.3 is 0 Å². The first-order valence-electron chi connectivity index (χ1n) is 7.96. The number of hydrogen-bond donors (Lipinski definition) is 0. The number of fused-ring (bicyclic) bond motifs is 1. The molecule has 0 aliphatic carbocycles. The number of benzene rings is 1. The average molecular weight is 335 g/mol. The van der Waals surface area contributed by atoms with Crippen LogP contribution in [0.15, 0.2) is 12.1 Å². The van der Waals surface area contributed by atoms with Crippen LogP contribution in [-0.4, -0.2) is 49.1 Å². The molecule has 6 heteroatoms. The van der Waals surface area contributed by atoms with E-state index in [9.17, 15) is 4.79 Å². The molecule has 1 heterocycles. The highest BCUT2D eigenvalue weighted by Gasteiger charge is 2.19. The molecule has 0 saturated carbocycles. The van der Waals surface area contributed by atoms with E-state index in [-0.39, 0.29) is 5.91 Å². The maximum Gasteiger partial charge on any atom is 0.225 e. The fourth-order valence-electron chi connectivity index (χ4n) is 2.55. The molecule has 0 fully saturated rings. The number of likely N-dealkylation sites (N-methyl/N-ethyl adjacent to an activating group) is 1. The quantitative estimate of drug-likeness (QED) is 0.779. The van der Waals surface area contributed by atoms with Crippen molar-refractivity contribution >= 4 is 32.6 Å². The highest BCUT2D eigenvalue weighted by molar-refractivity contribution is 7.22. The number of aromatic nitrogens is 1. The maximum absolute atomic E-state index is 12.1. The summed E-state index contributed by atoms with van der Waals surface area (Å²) in [6, 6.07) is 3.95. The number of aryl methyl sites for hydroxylation is 1. The summed E-state index contributed by atoms with van der Waals surface area (Å²) in [5.74, 6) is 0.771. The Morgan fingerprint density at radius 2 is 1.96 bits per heavy atom. The molecule has 1 aromatic heterocycles. The van der Waals surface area contributed by atoms with Gasteiger partial charge < -0.3 is 9.64 Å². The van der Waals surface area contributed by atoms with Crippen molar-refractivity contribution in [3.63, 3.8) is 0 Å². The van der Waals surface area contributed by atoms with Crippen LogP contribution in [0.3, 0.4) is 0 Å². The summed E-state index contributed by atoms with van der Waals surface area (Å²) in [7, 11) is 1.65. The molecule has 0 unspecified atom stereocenters. The van der Waals surface area contributed by atoms with Crippen molar-refractivity contribution in [2.75, 3.05) is 38.2 Å². The standard InChI is InChI=1S/C17H25N3O2S/c1-6-19(7-2)10-11-20(13(4)21)17-18-15-14(22-5)9-8-12(3)16(15)23-17/h8-9H,6-7,10-11H2,1-5H3. The zero-order valence-corrected chi connectivity index (χ0v) is 15.4. The number of carbonyl (C=O) groups excluding carboxylic acids is 1. The van der Waals surface area contributed by atoms with Crippen molar-refractivity contribution in [1.82, 2.24) is 9.88 Å². The number of thiazole rings is 1. The van der Waals surface area contributed by atoms with Gasteiger partial charge in [-0.1, -0.05) is 31.3 Å². The molecule has 0 aliphatic heterocycles. The number of hydrogen-bond acceptors (Lipinski definition) is 5. The molecule has 0 aliphatic rings. The fourth-order valence-corrected chi connectivity index (χ4v) is 3.67. The number of anilines is 1. The molecular weight excluding hydrogens is 310 g/mol. The van der Waals surface area contributed by atoms with Gasteiger partial charge in [-0.2, -0.15) is 0 Å². The monoisotopic (exact) mass is 335 g/mol. The van der Waals surface area contributed by atoms with Crippen LogP contribution < -0.4 is 9.64 Å². The molecule has 126 valence electrons. The second-order valence-corrected chi connectivity index (χ2v) is 6.43. The summed E-state index contributed by atoms with van der Waals surface area (Å²) < 4.78 is 6.48. The zero-order valence-electron chi connectivity index (χ0n) is 14.5. The van der Waals surface area contributed by atoms with E-state index in [2.05, 4.69) is 30.7 Å². The summed E-state index contributed by atoms with van der Waals surface area (Å²) in [6.45, 7) is 11.4. The van der Waals surface area contributed by atoms with Gasteiger partial charge in [0.05, 0.1) is 11.8 Å². The Kier molecular flexibility index (Phi) is 5.96. The van der Waals surface area contributed by atoms with E-state index in [0.717, 1.165) is 46.3 Å². The molecule has 0 bridgehead atoms. The second-order valence-electron chi connectivity index (χ2n) is 5.46. The van der Waals surface area contributed by atoms with Crippen LogP contribution in [0.1, 0.15) is 26.3 Å². The van der Waals surface area contributed by atoms with Crippen molar-refractivity contribution in [2.24, 2.45) is 0 Å². The number of ether oxygens (including phenoxy) is 1. The van der Waals surface area contributed by atoms with Gasteiger partial charge in [0, 0.05) is 20.0 Å². The van der Waals surface area contributed by atoms with Crippen LogP contribution in [0.2, 0.25) is 0 Å². The van der Waals surface area contributed by atoms with Crippen LogP contribution >= 0.6 is 11.3 Å². The molecule has 5 nitrogen and oxygen atoms in total. The lowest BCUT2D eigenvalue weighted by Gasteiger charge is -2.23. The minimum atomic E-state index is 0.0211. The predicted octanol–water partition coefficient (Wildman–Crippen LogP) is 3.31. The molecule has 23 heavy (non-hydrogen) atoms. The first-order chi connectivity index (χ1) is 11.0. The molecule has 0 radical (unpaired) electrons. The summed E-state index contributed by atoms with van der Waals surface area (Å²) in [6.07, 6.45) is 0. The lowest BCUT2D eigenvalue weighted by Crippen LogP contribution is -2.37. The van der Waals surface area contributed by atoms with E-state index in [1.165, 1.54) is 0 Å². The van der Waals surface area contributed by atoms with Gasteiger partial charge in [0.15, 0.2) is 5.13 Å². The third kappa shape index (κ3) is 3.82. The van der Waals surface area contributed by atoms with Gasteiger partial charge in [0.25, 0.3) is 0 Å². The number of rotatable bonds is 7. The van der Waals surface area contributed by atoms with Crippen molar-refractivity contribution in [1.29, 1.82) is 0 Å². The molecule has 1 amide bonds. The largest absolute Gasteiger partial charge is 0.494 e. The zero-order chi connectivity index (χ0) is 17.0. The highest BCUT2D eigenvalue weighted by Crippen LogP contribution is 2.36. The molecule has 2 aromatic rings. The Labute approximate surface area is 141 Å². The molecule has 0 N–H and O–H groups in total. The summed E-state index contributed by atoms with van der Waals surface area (Å²) in [5.41, 5.74) is 1.98. The van der Waals surface area contributed by atoms with Gasteiger partial charge in [0.2, 0.25) is 5.91 Å². The Morgan fingerprint density at radius 1 is 1.26 bits per heavy atom. The first kappa shape index (κ1) is 17.7. The summed E-state index contributed by atoms with van der Waals surface area (Å²) in [5, 5.41) is 0.743. The third-order valence-electron chi connectivity index (χ3n) is 4.06. The van der Waals surface area contributed by atoms with E-state index in [1.54, 1.807) is 30.3 Å². The maximum atomic E-state index is 12.1. The molecule has 0 saturated heterocycles. The second kappa shape index (κ2) is 7.75. The predicted molar refractivity (Wildman–Crippen MR) is 96.7 cm³/mol. The first-order valence-corrected chi connectivity index (χ1v) is 8.78. The molecule has 0 spiro atoms. The van der Waals surface area contributed by atoms with E-state index in [0.29, 0.717) is 6.54 Å². The van der Waals surface area contributed by atoms with E-state index in [4.69, 9.17) is 4.74 Å². The van der Waals surface area contributed by atoms with Gasteiger partial charge in [0.1, 0.15) is 11.3 Å². The van der Waals surface area contributed by atoms with Crippen LogP contribution in [0.25, 0.3) is 10.2 Å². The van der Waals surface area contributed by atoms with Crippen molar-refractivity contribution in [3.05, 3.63) is 17.7 Å². The van der Waals surface area contributed by atoms with Crippen LogP contribution in [0, 0.1) is 6.92 Å². The molecule has 1 aromatic carbocycles. The average Bonchev–Trinajstić information content (AvgIpc) is 2.97. The Morgan fingerprint density at radius 3 is 2.52 bits per heavy atom. The van der Waals surface area contributed by atoms with Crippen LogP contribution in [0.4, 0.5) is 5.13 Å². The molecule has 2 rings (SSSR count). The van der Waals surface area contributed by atoms with Crippen molar-refractivity contribution in [2.45, 2.75) is 27.7 Å². The summed E-state index contributed by atoms with van der Waals surface area (Å²) in [4.78, 5) is 20.8. The number of methoxy groups -OCH3 is 1. The normalized spacial score (nSPS) is 11.2. The Bertz CT molecular complexity index is 680. The van der Waals surface area contributed by atoms with Crippen LogP contribution in [0.5, 0.6) is 5.75 Å². The minimum absolute atomic E-state index is 0.0211. The van der Waals surface area contributed by atoms with Crippen molar-refractivity contribution in [3.8, 4) is 5.75 Å².